The normalized spacial score (nSPS) is 18.4. The number of carbonyl (C=O) groups is 1. The third kappa shape index (κ3) is 5.08. The van der Waals surface area contributed by atoms with Crippen molar-refractivity contribution in [1.82, 2.24) is 14.9 Å². The van der Waals surface area contributed by atoms with Crippen LogP contribution < -0.4 is 10.2 Å². The van der Waals surface area contributed by atoms with Crippen LogP contribution >= 0.6 is 11.6 Å². The van der Waals surface area contributed by atoms with Crippen LogP contribution in [0.15, 0.2) is 24.3 Å². The first kappa shape index (κ1) is 27.7. The molecule has 39 heavy (non-hydrogen) atoms. The van der Waals surface area contributed by atoms with Crippen LogP contribution in [0.3, 0.4) is 0 Å². The fourth-order valence-electron chi connectivity index (χ4n) is 5.28. The van der Waals surface area contributed by atoms with Crippen molar-refractivity contribution in [3.05, 3.63) is 57.9 Å². The minimum atomic E-state index is -4.58. The fourth-order valence-corrected chi connectivity index (χ4v) is 5.46. The highest BCUT2D eigenvalue weighted by molar-refractivity contribution is 6.31. The van der Waals surface area contributed by atoms with Crippen LogP contribution in [0, 0.1) is 22.5 Å². The highest BCUT2D eigenvalue weighted by Crippen LogP contribution is 2.57. The number of aryl methyl sites for hydroxylation is 1. The SMILES string of the molecule is Cn1c(Cc2cc(CNC(=O)C3(C(F)(F)F)CC3)ccc2Cl)nc2cc(F)c(N3CCC(C)(C)CC3)c(F)c21. The summed E-state index contributed by atoms with van der Waals surface area (Å²) >= 11 is 6.39. The molecule has 2 aromatic carbocycles. The monoisotopic (exact) mass is 568 g/mol. The highest BCUT2D eigenvalue weighted by Gasteiger charge is 2.68. The van der Waals surface area contributed by atoms with E-state index in [1.54, 1.807) is 34.7 Å². The van der Waals surface area contributed by atoms with Gasteiger partial charge in [0.1, 0.15) is 22.4 Å². The average Bonchev–Trinajstić information content (AvgIpc) is 3.62. The van der Waals surface area contributed by atoms with Crippen molar-refractivity contribution < 1.29 is 26.7 Å². The van der Waals surface area contributed by atoms with Gasteiger partial charge in [-0.15, -0.1) is 0 Å². The van der Waals surface area contributed by atoms with E-state index < -0.39 is 29.1 Å². The zero-order valence-corrected chi connectivity index (χ0v) is 22.7. The third-order valence-electron chi connectivity index (χ3n) is 8.19. The Labute approximate surface area is 228 Å². The Morgan fingerprint density at radius 3 is 2.38 bits per heavy atom. The Morgan fingerprint density at radius 2 is 1.77 bits per heavy atom. The number of rotatable bonds is 6. The number of aromatic nitrogens is 2. The van der Waals surface area contributed by atoms with Gasteiger partial charge in [0.05, 0.1) is 5.52 Å². The van der Waals surface area contributed by atoms with E-state index in [9.17, 15) is 18.0 Å². The molecule has 5 nitrogen and oxygen atoms in total. The number of imidazole rings is 1. The van der Waals surface area contributed by atoms with E-state index in [4.69, 9.17) is 11.6 Å². The number of benzene rings is 2. The summed E-state index contributed by atoms with van der Waals surface area (Å²) in [6.07, 6.45) is -3.18. The number of halogens is 6. The lowest BCUT2D eigenvalue weighted by Gasteiger charge is -2.38. The van der Waals surface area contributed by atoms with Crippen LogP contribution in [0.25, 0.3) is 11.0 Å². The van der Waals surface area contributed by atoms with E-state index in [0.29, 0.717) is 35.1 Å². The molecule has 2 aliphatic rings. The maximum absolute atomic E-state index is 15.7. The molecular formula is C28H30ClF5N4O. The van der Waals surface area contributed by atoms with Crippen molar-refractivity contribution in [3.8, 4) is 0 Å². The van der Waals surface area contributed by atoms with Crippen molar-refractivity contribution in [3.63, 3.8) is 0 Å². The summed E-state index contributed by atoms with van der Waals surface area (Å²) in [4.78, 5) is 18.4. The second kappa shape index (κ2) is 9.64. The maximum Gasteiger partial charge on any atom is 0.403 e. The van der Waals surface area contributed by atoms with Gasteiger partial charge in [0.25, 0.3) is 0 Å². The molecule has 1 N–H and O–H groups in total. The number of nitrogens with zero attached hydrogens (tertiary/aromatic N) is 3. The Hall–Kier alpha value is -2.88. The Morgan fingerprint density at radius 1 is 1.10 bits per heavy atom. The molecule has 1 aliphatic carbocycles. The second-order valence-electron chi connectivity index (χ2n) is 11.5. The van der Waals surface area contributed by atoms with Gasteiger partial charge >= 0.3 is 6.18 Å². The van der Waals surface area contributed by atoms with Crippen molar-refractivity contribution in [2.75, 3.05) is 18.0 Å². The van der Waals surface area contributed by atoms with E-state index in [1.807, 2.05) is 0 Å². The molecule has 0 spiro atoms. The van der Waals surface area contributed by atoms with Gasteiger partial charge in [0.15, 0.2) is 11.6 Å². The van der Waals surface area contributed by atoms with Crippen LogP contribution in [-0.4, -0.2) is 34.7 Å². The second-order valence-corrected chi connectivity index (χ2v) is 11.9. The molecule has 1 amide bonds. The van der Waals surface area contributed by atoms with Crippen molar-refractivity contribution in [1.29, 1.82) is 0 Å². The summed E-state index contributed by atoms with van der Waals surface area (Å²) in [5.74, 6) is -1.91. The molecule has 0 bridgehead atoms. The lowest BCUT2D eigenvalue weighted by atomic mass is 9.82. The number of hydrogen-bond donors (Lipinski definition) is 1. The van der Waals surface area contributed by atoms with Gasteiger partial charge in [-0.2, -0.15) is 13.2 Å². The van der Waals surface area contributed by atoms with Crippen molar-refractivity contribution >= 4 is 34.2 Å². The minimum absolute atomic E-state index is 0.0457. The Bertz CT molecular complexity index is 1430. The highest BCUT2D eigenvalue weighted by atomic mass is 35.5. The number of carbonyl (C=O) groups excluding carboxylic acids is 1. The number of anilines is 1. The van der Waals surface area contributed by atoms with Crippen LogP contribution in [0.2, 0.25) is 5.02 Å². The predicted molar refractivity (Wildman–Crippen MR) is 140 cm³/mol. The minimum Gasteiger partial charge on any atom is -0.367 e. The van der Waals surface area contributed by atoms with Gasteiger partial charge in [-0.3, -0.25) is 4.79 Å². The lowest BCUT2D eigenvalue weighted by Crippen LogP contribution is -2.40. The van der Waals surface area contributed by atoms with E-state index >= 15 is 8.78 Å². The summed E-state index contributed by atoms with van der Waals surface area (Å²) in [5, 5.41) is 2.77. The number of fused-ring (bicyclic) bond motifs is 1. The number of piperidine rings is 1. The van der Waals surface area contributed by atoms with Gasteiger partial charge in [-0.1, -0.05) is 37.6 Å². The van der Waals surface area contributed by atoms with Gasteiger partial charge in [-0.05, 0) is 48.3 Å². The van der Waals surface area contributed by atoms with Gasteiger partial charge in [-0.25, -0.2) is 13.8 Å². The maximum atomic E-state index is 15.7. The summed E-state index contributed by atoms with van der Waals surface area (Å²) in [6.45, 7) is 5.31. The topological polar surface area (TPSA) is 50.2 Å². The molecule has 0 radical (unpaired) electrons. The summed E-state index contributed by atoms with van der Waals surface area (Å²) < 4.78 is 72.1. The largest absolute Gasteiger partial charge is 0.403 e. The van der Waals surface area contributed by atoms with Gasteiger partial charge in [0.2, 0.25) is 5.91 Å². The number of alkyl halides is 3. The standard InChI is InChI=1S/C28H30ClF5N4O/c1-26(2)8-10-38(11-9-26)23-19(30)14-20-24(22(23)31)37(3)21(36-20)13-17-12-16(4-5-18(17)29)15-35-25(39)27(6-7-27)28(32,33)34/h4-5,12,14H,6-11,13,15H2,1-3H3,(H,35,39). The van der Waals surface area contributed by atoms with Crippen LogP contribution in [0.1, 0.15) is 56.5 Å². The molecule has 1 aliphatic heterocycles. The summed E-state index contributed by atoms with van der Waals surface area (Å²) in [5.41, 5.74) is -0.683. The first-order valence-electron chi connectivity index (χ1n) is 12.9. The van der Waals surface area contributed by atoms with E-state index in [2.05, 4.69) is 24.1 Å². The number of amides is 1. The molecule has 1 aromatic heterocycles. The molecule has 11 heteroatoms. The fraction of sp³-hybridized carbons (Fsp3) is 0.500. The van der Waals surface area contributed by atoms with E-state index in [0.717, 1.165) is 12.8 Å². The molecule has 0 unspecified atom stereocenters. The van der Waals surface area contributed by atoms with Crippen LogP contribution in [0.4, 0.5) is 27.6 Å². The zero-order valence-electron chi connectivity index (χ0n) is 22.0. The molecular weight excluding hydrogens is 539 g/mol. The average molecular weight is 569 g/mol. The number of nitrogens with one attached hydrogen (secondary N) is 1. The third-order valence-corrected chi connectivity index (χ3v) is 8.56. The Balaban J connectivity index is 1.37. The van der Waals surface area contributed by atoms with Gasteiger partial charge in [0, 0.05) is 44.2 Å². The van der Waals surface area contributed by atoms with E-state index in [1.165, 1.54) is 6.07 Å². The molecule has 5 rings (SSSR count). The lowest BCUT2D eigenvalue weighted by molar-refractivity contribution is -0.192. The molecule has 2 fully saturated rings. The molecule has 3 aromatic rings. The van der Waals surface area contributed by atoms with E-state index in [-0.39, 0.29) is 47.9 Å². The molecule has 1 saturated carbocycles. The van der Waals surface area contributed by atoms with Crippen LogP contribution in [0.5, 0.6) is 0 Å². The molecule has 0 atom stereocenters. The van der Waals surface area contributed by atoms with Gasteiger partial charge < -0.3 is 14.8 Å². The smallest absolute Gasteiger partial charge is 0.367 e. The first-order chi connectivity index (χ1) is 18.2. The quantitative estimate of drug-likeness (QED) is 0.338. The summed E-state index contributed by atoms with van der Waals surface area (Å²) in [6, 6.07) is 6.13. The predicted octanol–water partition coefficient (Wildman–Crippen LogP) is 6.68. The van der Waals surface area contributed by atoms with Crippen molar-refractivity contribution in [2.45, 2.75) is 58.7 Å². The molecule has 1 saturated heterocycles. The zero-order chi connectivity index (χ0) is 28.3. The first-order valence-corrected chi connectivity index (χ1v) is 13.3. The molecule has 210 valence electrons. The van der Waals surface area contributed by atoms with Crippen LogP contribution in [-0.2, 0) is 24.8 Å². The number of hydrogen-bond acceptors (Lipinski definition) is 3. The van der Waals surface area contributed by atoms with Crippen molar-refractivity contribution in [2.24, 2.45) is 17.9 Å². The summed E-state index contributed by atoms with van der Waals surface area (Å²) in [7, 11) is 1.65. The molecule has 2 heterocycles. The Kier molecular flexibility index (Phi) is 6.84.